The third-order valence-corrected chi connectivity index (χ3v) is 6.86. The Hall–Kier alpha value is -3.79. The lowest BCUT2D eigenvalue weighted by molar-refractivity contribution is 0.0324. The highest BCUT2D eigenvalue weighted by Gasteiger charge is 2.33. The fraction of sp³-hybridized carbons (Fsp3) is 0.160. The zero-order valence-corrected chi connectivity index (χ0v) is 20.8. The van der Waals surface area contributed by atoms with Crippen LogP contribution in [0, 0.1) is 0 Å². The molecule has 1 unspecified atom stereocenters. The fourth-order valence-electron chi connectivity index (χ4n) is 4.24. The SMILES string of the molecule is COC(C)(c1ccc2ncc(Cl)cc2c1)c1nc2ncnc(NCc3cnc4[nH]cc(Cl)c4c3)c2[nH]1. The Kier molecular flexibility index (Phi) is 5.48. The summed E-state index contributed by atoms with van der Waals surface area (Å²) in [5.74, 6) is 1.21. The highest BCUT2D eigenvalue weighted by Crippen LogP contribution is 2.34. The molecule has 180 valence electrons. The molecule has 3 N–H and O–H groups in total. The zero-order valence-electron chi connectivity index (χ0n) is 19.3. The summed E-state index contributed by atoms with van der Waals surface area (Å²) in [6.07, 6.45) is 6.63. The first-order chi connectivity index (χ1) is 17.4. The fourth-order valence-corrected chi connectivity index (χ4v) is 4.60. The maximum atomic E-state index is 6.24. The molecule has 5 heterocycles. The number of nitrogens with zero attached hydrogens (tertiary/aromatic N) is 5. The molecule has 1 atom stereocenters. The average Bonchev–Trinajstić information content (AvgIpc) is 3.50. The van der Waals surface area contributed by atoms with Crippen LogP contribution in [0.1, 0.15) is 23.9 Å². The number of rotatable bonds is 6. The number of anilines is 1. The lowest BCUT2D eigenvalue weighted by Crippen LogP contribution is -2.27. The number of methoxy groups -OCH3 is 1. The number of hydrogen-bond acceptors (Lipinski definition) is 7. The van der Waals surface area contributed by atoms with Crippen molar-refractivity contribution in [1.82, 2.24) is 34.9 Å². The molecule has 36 heavy (non-hydrogen) atoms. The number of halogens is 2. The Bertz CT molecular complexity index is 1750. The summed E-state index contributed by atoms with van der Waals surface area (Å²) in [5.41, 5.74) is 3.77. The van der Waals surface area contributed by atoms with Crippen LogP contribution in [0.5, 0.6) is 0 Å². The molecule has 9 nitrogen and oxygen atoms in total. The molecule has 0 bridgehead atoms. The van der Waals surface area contributed by atoms with Crippen LogP contribution in [0.3, 0.4) is 0 Å². The number of aromatic nitrogens is 7. The predicted octanol–water partition coefficient (Wildman–Crippen LogP) is 5.61. The third-order valence-electron chi connectivity index (χ3n) is 6.34. The van der Waals surface area contributed by atoms with Gasteiger partial charge in [0.05, 0.1) is 15.6 Å². The monoisotopic (exact) mass is 518 g/mol. The summed E-state index contributed by atoms with van der Waals surface area (Å²) in [4.78, 5) is 28.7. The maximum Gasteiger partial charge on any atom is 0.183 e. The second-order valence-electron chi connectivity index (χ2n) is 8.53. The molecule has 0 radical (unpaired) electrons. The van der Waals surface area contributed by atoms with Crippen LogP contribution in [0.2, 0.25) is 10.0 Å². The van der Waals surface area contributed by atoms with E-state index in [1.54, 1.807) is 25.7 Å². The molecule has 0 aliphatic carbocycles. The number of nitrogens with one attached hydrogen (secondary N) is 3. The smallest absolute Gasteiger partial charge is 0.183 e. The summed E-state index contributed by atoms with van der Waals surface area (Å²) in [6, 6.07) is 9.79. The van der Waals surface area contributed by atoms with E-state index in [-0.39, 0.29) is 0 Å². The summed E-state index contributed by atoms with van der Waals surface area (Å²) >= 11 is 12.4. The predicted molar refractivity (Wildman–Crippen MR) is 140 cm³/mol. The number of pyridine rings is 2. The van der Waals surface area contributed by atoms with Crippen LogP contribution >= 0.6 is 23.2 Å². The third kappa shape index (κ3) is 3.81. The van der Waals surface area contributed by atoms with E-state index in [2.05, 4.69) is 35.2 Å². The topological polar surface area (TPSA) is 117 Å². The van der Waals surface area contributed by atoms with Gasteiger partial charge in [-0.15, -0.1) is 0 Å². The van der Waals surface area contributed by atoms with Gasteiger partial charge in [0.15, 0.2) is 11.5 Å². The molecule has 0 saturated heterocycles. The molecule has 1 aromatic carbocycles. The van der Waals surface area contributed by atoms with Crippen LogP contribution in [0.4, 0.5) is 5.82 Å². The van der Waals surface area contributed by atoms with Crippen molar-refractivity contribution in [3.63, 3.8) is 0 Å². The first kappa shape index (κ1) is 22.7. The summed E-state index contributed by atoms with van der Waals surface area (Å²) in [5, 5.41) is 6.34. The summed E-state index contributed by atoms with van der Waals surface area (Å²) < 4.78 is 5.99. The minimum absolute atomic E-state index is 0.491. The largest absolute Gasteiger partial charge is 0.366 e. The van der Waals surface area contributed by atoms with Gasteiger partial charge in [-0.25, -0.2) is 19.9 Å². The minimum atomic E-state index is -0.880. The second-order valence-corrected chi connectivity index (χ2v) is 9.38. The van der Waals surface area contributed by atoms with Crippen LogP contribution < -0.4 is 5.32 Å². The van der Waals surface area contributed by atoms with Crippen molar-refractivity contribution in [2.24, 2.45) is 0 Å². The molecule has 0 saturated carbocycles. The van der Waals surface area contributed by atoms with Gasteiger partial charge in [-0.1, -0.05) is 29.3 Å². The van der Waals surface area contributed by atoms with Gasteiger partial charge in [-0.3, -0.25) is 4.98 Å². The Labute approximate surface area is 215 Å². The van der Waals surface area contributed by atoms with E-state index in [0.717, 1.165) is 33.1 Å². The number of imidazole rings is 1. The molecular weight excluding hydrogens is 499 g/mol. The highest BCUT2D eigenvalue weighted by molar-refractivity contribution is 6.35. The lowest BCUT2D eigenvalue weighted by Gasteiger charge is -2.26. The van der Waals surface area contributed by atoms with Crippen LogP contribution in [-0.4, -0.2) is 42.0 Å². The second kappa shape index (κ2) is 8.70. The van der Waals surface area contributed by atoms with E-state index in [1.807, 2.05) is 37.3 Å². The number of ether oxygens (including phenoxy) is 1. The van der Waals surface area contributed by atoms with Crippen molar-refractivity contribution >= 4 is 62.1 Å². The molecule has 0 amide bonds. The first-order valence-corrected chi connectivity index (χ1v) is 11.9. The molecule has 0 spiro atoms. The summed E-state index contributed by atoms with van der Waals surface area (Å²) in [6.45, 7) is 2.44. The van der Waals surface area contributed by atoms with Crippen molar-refractivity contribution in [1.29, 1.82) is 0 Å². The van der Waals surface area contributed by atoms with Gasteiger partial charge in [0.1, 0.15) is 28.9 Å². The Morgan fingerprint density at radius 2 is 1.94 bits per heavy atom. The molecule has 6 rings (SSSR count). The average molecular weight is 519 g/mol. The molecule has 0 aliphatic heterocycles. The molecular formula is C25H20Cl2N8O. The Balaban J connectivity index is 1.35. The number of fused-ring (bicyclic) bond motifs is 3. The van der Waals surface area contributed by atoms with Gasteiger partial charge in [0, 0.05) is 43.0 Å². The first-order valence-electron chi connectivity index (χ1n) is 11.1. The zero-order chi connectivity index (χ0) is 24.9. The van der Waals surface area contributed by atoms with Crippen LogP contribution in [0.25, 0.3) is 33.1 Å². The minimum Gasteiger partial charge on any atom is -0.366 e. The van der Waals surface area contributed by atoms with Gasteiger partial charge in [-0.2, -0.15) is 0 Å². The van der Waals surface area contributed by atoms with E-state index < -0.39 is 5.60 Å². The standard InChI is InChI=1S/C25H20Cl2N8O/c1-25(36-2,15-3-4-19-14(6-15)7-16(26)10-28-19)24-34-20-22(32-12-33-23(20)35-24)30-9-13-5-17-18(27)11-31-21(17)29-8-13/h3-8,10-12H,9H2,1-2H3,(H,29,31)(H2,30,32,33,34,35). The van der Waals surface area contributed by atoms with Crippen LogP contribution in [-0.2, 0) is 16.9 Å². The maximum absolute atomic E-state index is 6.24. The van der Waals surface area contributed by atoms with E-state index in [1.165, 1.54) is 6.33 Å². The van der Waals surface area contributed by atoms with Crippen molar-refractivity contribution in [2.75, 3.05) is 12.4 Å². The number of aromatic amines is 2. The van der Waals surface area contributed by atoms with Gasteiger partial charge >= 0.3 is 0 Å². The Morgan fingerprint density at radius 1 is 1.06 bits per heavy atom. The van der Waals surface area contributed by atoms with E-state index >= 15 is 0 Å². The van der Waals surface area contributed by atoms with Gasteiger partial charge in [0.25, 0.3) is 0 Å². The normalized spacial score (nSPS) is 13.4. The van der Waals surface area contributed by atoms with Crippen molar-refractivity contribution in [2.45, 2.75) is 19.1 Å². The quantitative estimate of drug-likeness (QED) is 0.262. The number of H-pyrrole nitrogens is 2. The molecule has 0 fully saturated rings. The number of hydrogen-bond donors (Lipinski definition) is 3. The van der Waals surface area contributed by atoms with E-state index in [0.29, 0.717) is 39.4 Å². The van der Waals surface area contributed by atoms with Crippen molar-refractivity contribution in [3.05, 3.63) is 82.2 Å². The van der Waals surface area contributed by atoms with Crippen LogP contribution in [0.15, 0.2) is 55.2 Å². The number of benzene rings is 1. The van der Waals surface area contributed by atoms with Gasteiger partial charge in [0.2, 0.25) is 0 Å². The molecule has 11 heteroatoms. The Morgan fingerprint density at radius 3 is 2.81 bits per heavy atom. The molecule has 0 aliphatic rings. The highest BCUT2D eigenvalue weighted by atomic mass is 35.5. The summed E-state index contributed by atoms with van der Waals surface area (Å²) in [7, 11) is 1.65. The van der Waals surface area contributed by atoms with Crippen molar-refractivity contribution < 1.29 is 4.74 Å². The van der Waals surface area contributed by atoms with E-state index in [9.17, 15) is 0 Å². The van der Waals surface area contributed by atoms with Crippen molar-refractivity contribution in [3.8, 4) is 0 Å². The molecule has 5 aromatic heterocycles. The van der Waals surface area contributed by atoms with Gasteiger partial charge in [-0.05, 0) is 42.3 Å². The molecule has 6 aromatic rings. The van der Waals surface area contributed by atoms with Gasteiger partial charge < -0.3 is 20.0 Å². The van der Waals surface area contributed by atoms with E-state index in [4.69, 9.17) is 32.9 Å². The lowest BCUT2D eigenvalue weighted by atomic mass is 9.93.